The molecule has 0 saturated heterocycles. The number of rotatable bonds is 6. The molecule has 1 aromatic carbocycles. The molecule has 0 aliphatic rings. The van der Waals surface area contributed by atoms with Crippen LogP contribution >= 0.6 is 11.3 Å². The Labute approximate surface area is 158 Å². The molecule has 138 valence electrons. The van der Waals surface area contributed by atoms with Crippen LogP contribution in [-0.2, 0) is 10.0 Å². The molecule has 0 saturated carbocycles. The van der Waals surface area contributed by atoms with Crippen LogP contribution in [0.3, 0.4) is 0 Å². The molecule has 4 rings (SSSR count). The molecule has 0 amide bonds. The standard InChI is InChI=1S/C17H14N4O4S2/c1-11(17-19-16(20-25-17)12-5-3-2-4-6-12)21-27(22,23)15-9-13(10-26-15)14-7-8-18-24-14/h2-11,21H,1H3/t11-/m0/s1. The Kier molecular flexibility index (Phi) is 4.60. The van der Waals surface area contributed by atoms with Crippen LogP contribution < -0.4 is 4.72 Å². The number of nitrogens with zero attached hydrogens (tertiary/aromatic N) is 3. The van der Waals surface area contributed by atoms with Crippen molar-refractivity contribution < 1.29 is 17.5 Å². The molecule has 0 aliphatic heterocycles. The average molecular weight is 402 g/mol. The Morgan fingerprint density at radius 3 is 2.67 bits per heavy atom. The molecule has 0 bridgehead atoms. The maximum absolute atomic E-state index is 12.6. The third-order valence-electron chi connectivity index (χ3n) is 3.74. The summed E-state index contributed by atoms with van der Waals surface area (Å²) in [6.45, 7) is 1.64. The van der Waals surface area contributed by atoms with E-state index < -0.39 is 16.1 Å². The lowest BCUT2D eigenvalue weighted by molar-refractivity contribution is 0.354. The molecule has 4 aromatic rings. The first kappa shape index (κ1) is 17.6. The summed E-state index contributed by atoms with van der Waals surface area (Å²) in [6, 6.07) is 11.8. The first-order valence-electron chi connectivity index (χ1n) is 7.94. The molecule has 3 aromatic heterocycles. The van der Waals surface area contributed by atoms with Crippen LogP contribution in [0.5, 0.6) is 0 Å². The van der Waals surface area contributed by atoms with Crippen molar-refractivity contribution in [3.63, 3.8) is 0 Å². The number of hydrogen-bond acceptors (Lipinski definition) is 8. The third-order valence-corrected chi connectivity index (χ3v) is 6.72. The normalized spacial score (nSPS) is 12.9. The van der Waals surface area contributed by atoms with Gasteiger partial charge in [0.1, 0.15) is 4.21 Å². The Morgan fingerprint density at radius 1 is 1.11 bits per heavy atom. The summed E-state index contributed by atoms with van der Waals surface area (Å²) in [5.41, 5.74) is 1.44. The maximum Gasteiger partial charge on any atom is 0.250 e. The highest BCUT2D eigenvalue weighted by Gasteiger charge is 2.24. The predicted molar refractivity (Wildman–Crippen MR) is 98.3 cm³/mol. The minimum absolute atomic E-state index is 0.156. The van der Waals surface area contributed by atoms with Crippen LogP contribution in [0, 0.1) is 0 Å². The Bertz CT molecular complexity index is 1130. The lowest BCUT2D eigenvalue weighted by Gasteiger charge is -2.08. The molecule has 0 unspecified atom stereocenters. The van der Waals surface area contributed by atoms with E-state index in [4.69, 9.17) is 9.05 Å². The van der Waals surface area contributed by atoms with Crippen LogP contribution in [0.4, 0.5) is 0 Å². The van der Waals surface area contributed by atoms with Crippen LogP contribution in [-0.4, -0.2) is 23.7 Å². The highest BCUT2D eigenvalue weighted by Crippen LogP contribution is 2.29. The SMILES string of the molecule is C[C@H](NS(=O)(=O)c1cc(-c2ccno2)cs1)c1nc(-c2ccccc2)no1. The zero-order chi connectivity index (χ0) is 18.9. The van der Waals surface area contributed by atoms with E-state index in [0.717, 1.165) is 16.9 Å². The molecule has 0 aliphatic carbocycles. The van der Waals surface area contributed by atoms with Gasteiger partial charge in [0.25, 0.3) is 10.0 Å². The minimum atomic E-state index is -3.75. The number of hydrogen-bond donors (Lipinski definition) is 1. The molecule has 0 spiro atoms. The van der Waals surface area contributed by atoms with E-state index in [1.807, 2.05) is 30.3 Å². The van der Waals surface area contributed by atoms with Gasteiger partial charge in [-0.25, -0.2) is 8.42 Å². The molecule has 10 heteroatoms. The zero-order valence-corrected chi connectivity index (χ0v) is 15.7. The van der Waals surface area contributed by atoms with Crippen molar-refractivity contribution in [1.82, 2.24) is 20.0 Å². The van der Waals surface area contributed by atoms with E-state index in [2.05, 4.69) is 20.0 Å². The van der Waals surface area contributed by atoms with Gasteiger partial charge >= 0.3 is 0 Å². The molecular weight excluding hydrogens is 388 g/mol. The van der Waals surface area contributed by atoms with Gasteiger partial charge in [-0.05, 0) is 13.0 Å². The molecule has 27 heavy (non-hydrogen) atoms. The van der Waals surface area contributed by atoms with Crippen molar-refractivity contribution in [2.75, 3.05) is 0 Å². The first-order valence-corrected chi connectivity index (χ1v) is 10.3. The summed E-state index contributed by atoms with van der Waals surface area (Å²) in [7, 11) is -3.75. The van der Waals surface area contributed by atoms with Crippen molar-refractivity contribution in [2.45, 2.75) is 17.2 Å². The fourth-order valence-electron chi connectivity index (χ4n) is 2.41. The second-order valence-corrected chi connectivity index (χ2v) is 8.55. The van der Waals surface area contributed by atoms with Gasteiger partial charge in [-0.1, -0.05) is 40.6 Å². The summed E-state index contributed by atoms with van der Waals surface area (Å²) >= 11 is 1.09. The third kappa shape index (κ3) is 3.68. The Morgan fingerprint density at radius 2 is 1.93 bits per heavy atom. The van der Waals surface area contributed by atoms with Gasteiger partial charge in [0, 0.05) is 22.6 Å². The second-order valence-electron chi connectivity index (χ2n) is 5.70. The summed E-state index contributed by atoms with van der Waals surface area (Å²) in [4.78, 5) is 4.28. The summed E-state index contributed by atoms with van der Waals surface area (Å²) in [6.07, 6.45) is 1.50. The van der Waals surface area contributed by atoms with E-state index in [0.29, 0.717) is 17.1 Å². The van der Waals surface area contributed by atoms with Crippen molar-refractivity contribution in [1.29, 1.82) is 0 Å². The van der Waals surface area contributed by atoms with E-state index in [1.165, 1.54) is 12.3 Å². The van der Waals surface area contributed by atoms with Crippen molar-refractivity contribution >= 4 is 21.4 Å². The first-order chi connectivity index (χ1) is 13.0. The summed E-state index contributed by atoms with van der Waals surface area (Å²) in [5, 5.41) is 9.23. The fraction of sp³-hybridized carbons (Fsp3) is 0.118. The van der Waals surface area contributed by atoms with E-state index >= 15 is 0 Å². The fourth-order valence-corrected chi connectivity index (χ4v) is 4.79. The molecule has 1 atom stereocenters. The Hall–Kier alpha value is -2.82. The van der Waals surface area contributed by atoms with Gasteiger partial charge in [-0.3, -0.25) is 0 Å². The minimum Gasteiger partial charge on any atom is -0.356 e. The molecule has 0 radical (unpaired) electrons. The number of thiophene rings is 1. The van der Waals surface area contributed by atoms with Crippen LogP contribution in [0.25, 0.3) is 22.7 Å². The number of benzene rings is 1. The quantitative estimate of drug-likeness (QED) is 0.525. The molecule has 1 N–H and O–H groups in total. The smallest absolute Gasteiger partial charge is 0.250 e. The van der Waals surface area contributed by atoms with Gasteiger partial charge in [0.05, 0.1) is 12.2 Å². The zero-order valence-electron chi connectivity index (χ0n) is 14.1. The van der Waals surface area contributed by atoms with Crippen LogP contribution in [0.15, 0.2) is 67.3 Å². The molecule has 0 fully saturated rings. The lowest BCUT2D eigenvalue weighted by Crippen LogP contribution is -2.26. The second kappa shape index (κ2) is 7.06. The highest BCUT2D eigenvalue weighted by molar-refractivity contribution is 7.91. The average Bonchev–Trinajstić information content (AvgIpc) is 3.42. The summed E-state index contributed by atoms with van der Waals surface area (Å²) in [5.74, 6) is 1.09. The van der Waals surface area contributed by atoms with Gasteiger partial charge in [0.15, 0.2) is 5.76 Å². The number of sulfonamides is 1. The predicted octanol–water partition coefficient (Wildman–Crippen LogP) is 3.49. The summed E-state index contributed by atoms with van der Waals surface area (Å²) < 4.78 is 38.3. The maximum atomic E-state index is 12.6. The van der Waals surface area contributed by atoms with E-state index in [1.54, 1.807) is 18.4 Å². The lowest BCUT2D eigenvalue weighted by atomic mass is 10.2. The Balaban J connectivity index is 1.52. The monoisotopic (exact) mass is 402 g/mol. The number of nitrogens with one attached hydrogen (secondary N) is 1. The van der Waals surface area contributed by atoms with Crippen molar-refractivity contribution in [2.24, 2.45) is 0 Å². The van der Waals surface area contributed by atoms with Gasteiger partial charge in [-0.15, -0.1) is 11.3 Å². The van der Waals surface area contributed by atoms with Crippen LogP contribution in [0.2, 0.25) is 0 Å². The van der Waals surface area contributed by atoms with Gasteiger partial charge in [0.2, 0.25) is 11.7 Å². The van der Waals surface area contributed by atoms with E-state index in [9.17, 15) is 8.42 Å². The molecule has 3 heterocycles. The van der Waals surface area contributed by atoms with Crippen LogP contribution in [0.1, 0.15) is 18.9 Å². The largest absolute Gasteiger partial charge is 0.356 e. The van der Waals surface area contributed by atoms with Gasteiger partial charge in [-0.2, -0.15) is 9.71 Å². The molecule has 8 nitrogen and oxygen atoms in total. The topological polar surface area (TPSA) is 111 Å². The van der Waals surface area contributed by atoms with Gasteiger partial charge < -0.3 is 9.05 Å². The van der Waals surface area contributed by atoms with Crippen molar-refractivity contribution in [3.8, 4) is 22.7 Å². The molecular formula is C17H14N4O4S2. The number of aromatic nitrogens is 3. The van der Waals surface area contributed by atoms with E-state index in [-0.39, 0.29) is 10.1 Å². The highest BCUT2D eigenvalue weighted by atomic mass is 32.2. The van der Waals surface area contributed by atoms with Crippen molar-refractivity contribution in [3.05, 3.63) is 59.9 Å².